The lowest BCUT2D eigenvalue weighted by molar-refractivity contribution is 0.118. The molecule has 1 amide bonds. The molecule has 96 valence electrons. The first kappa shape index (κ1) is 15.2. The molecule has 0 aromatic heterocycles. The van der Waals surface area contributed by atoms with Gasteiger partial charge in [-0.3, -0.25) is 0 Å². The predicted octanol–water partition coefficient (Wildman–Crippen LogP) is -0.546. The third kappa shape index (κ3) is 6.60. The van der Waals surface area contributed by atoms with Gasteiger partial charge >= 0.3 is 6.09 Å². The summed E-state index contributed by atoms with van der Waals surface area (Å²) in [6.07, 6.45) is 1.10. The summed E-state index contributed by atoms with van der Waals surface area (Å²) in [6, 6.07) is -0.321. The van der Waals surface area contributed by atoms with Crippen LogP contribution in [0.5, 0.6) is 0 Å². The van der Waals surface area contributed by atoms with Crippen molar-refractivity contribution in [3.8, 4) is 0 Å². The van der Waals surface area contributed by atoms with Crippen LogP contribution in [-0.4, -0.2) is 55.3 Å². The van der Waals surface area contributed by atoms with E-state index >= 15 is 0 Å². The molecule has 0 bridgehead atoms. The monoisotopic (exact) mass is 234 g/mol. The lowest BCUT2D eigenvalue weighted by Crippen LogP contribution is -2.40. The van der Waals surface area contributed by atoms with Crippen LogP contribution in [0.1, 0.15) is 19.8 Å². The number of rotatable bonds is 8. The second kappa shape index (κ2) is 9.38. The average molecular weight is 234 g/mol. The Bertz CT molecular complexity index is 182. The van der Waals surface area contributed by atoms with Gasteiger partial charge in [0.15, 0.2) is 0 Å². The van der Waals surface area contributed by atoms with Gasteiger partial charge in [0, 0.05) is 6.04 Å². The average Bonchev–Trinajstić information content (AvgIpc) is 2.31. The highest BCUT2D eigenvalue weighted by Crippen LogP contribution is 1.97. The fourth-order valence-corrected chi connectivity index (χ4v) is 1.20. The van der Waals surface area contributed by atoms with Gasteiger partial charge in [-0.1, -0.05) is 6.92 Å². The van der Waals surface area contributed by atoms with Crippen molar-refractivity contribution in [2.45, 2.75) is 31.8 Å². The van der Waals surface area contributed by atoms with Gasteiger partial charge in [0.05, 0.1) is 25.9 Å². The van der Waals surface area contributed by atoms with Crippen LogP contribution in [0.3, 0.4) is 0 Å². The topological polar surface area (TPSA) is 90.8 Å². The van der Waals surface area contributed by atoms with Crippen molar-refractivity contribution in [1.82, 2.24) is 10.6 Å². The maximum Gasteiger partial charge on any atom is 0.407 e. The molecule has 0 fully saturated rings. The van der Waals surface area contributed by atoms with Crippen molar-refractivity contribution < 1.29 is 19.7 Å². The Labute approximate surface area is 96.0 Å². The molecule has 0 heterocycles. The van der Waals surface area contributed by atoms with Gasteiger partial charge in [0.2, 0.25) is 0 Å². The standard InChI is InChI=1S/C10H22N2O4/c1-3-8(11-2)4-5-16-10(15)12-9(6-13)7-14/h8-9,11,13-14H,3-7H2,1-2H3,(H,12,15). The molecule has 0 spiro atoms. The largest absolute Gasteiger partial charge is 0.449 e. The van der Waals surface area contributed by atoms with E-state index in [4.69, 9.17) is 14.9 Å². The lowest BCUT2D eigenvalue weighted by atomic mass is 10.2. The first-order chi connectivity index (χ1) is 7.67. The van der Waals surface area contributed by atoms with Gasteiger partial charge in [0.1, 0.15) is 0 Å². The minimum absolute atomic E-state index is 0.306. The number of ether oxygens (including phenoxy) is 1. The third-order valence-electron chi connectivity index (χ3n) is 2.36. The molecule has 1 atom stereocenters. The van der Waals surface area contributed by atoms with Gasteiger partial charge < -0.3 is 25.6 Å². The number of nitrogens with one attached hydrogen (secondary N) is 2. The summed E-state index contributed by atoms with van der Waals surface area (Å²) in [4.78, 5) is 11.2. The van der Waals surface area contributed by atoms with Crippen LogP contribution in [0.2, 0.25) is 0 Å². The highest BCUT2D eigenvalue weighted by atomic mass is 16.5. The van der Waals surface area contributed by atoms with Crippen molar-refractivity contribution in [3.63, 3.8) is 0 Å². The smallest absolute Gasteiger partial charge is 0.407 e. The number of carbonyl (C=O) groups excluding carboxylic acids is 1. The number of hydrogen-bond acceptors (Lipinski definition) is 5. The van der Waals surface area contributed by atoms with Crippen LogP contribution in [0.4, 0.5) is 4.79 Å². The molecule has 0 rings (SSSR count). The zero-order valence-electron chi connectivity index (χ0n) is 9.90. The second-order valence-electron chi connectivity index (χ2n) is 3.52. The minimum Gasteiger partial charge on any atom is -0.449 e. The van der Waals surface area contributed by atoms with Crippen molar-refractivity contribution >= 4 is 6.09 Å². The Balaban J connectivity index is 3.64. The second-order valence-corrected chi connectivity index (χ2v) is 3.52. The zero-order chi connectivity index (χ0) is 12.4. The molecule has 0 aromatic rings. The van der Waals surface area contributed by atoms with Gasteiger partial charge in [-0.25, -0.2) is 4.79 Å². The molecular weight excluding hydrogens is 212 g/mol. The highest BCUT2D eigenvalue weighted by molar-refractivity contribution is 5.67. The molecule has 0 radical (unpaired) electrons. The van der Waals surface area contributed by atoms with E-state index in [0.717, 1.165) is 12.8 Å². The van der Waals surface area contributed by atoms with E-state index in [2.05, 4.69) is 17.6 Å². The van der Waals surface area contributed by atoms with E-state index in [0.29, 0.717) is 12.6 Å². The van der Waals surface area contributed by atoms with Gasteiger partial charge in [-0.05, 0) is 19.9 Å². The van der Waals surface area contributed by atoms with Crippen LogP contribution in [0.25, 0.3) is 0 Å². The van der Waals surface area contributed by atoms with E-state index < -0.39 is 12.1 Å². The Morgan fingerprint density at radius 3 is 2.38 bits per heavy atom. The van der Waals surface area contributed by atoms with Gasteiger partial charge in [-0.15, -0.1) is 0 Å². The SMILES string of the molecule is CCC(CCOC(=O)NC(CO)CO)NC. The van der Waals surface area contributed by atoms with Crippen molar-refractivity contribution in [3.05, 3.63) is 0 Å². The molecule has 6 heteroatoms. The van der Waals surface area contributed by atoms with Gasteiger partial charge in [0.25, 0.3) is 0 Å². The summed E-state index contributed by atoms with van der Waals surface area (Å²) in [6.45, 7) is 1.75. The Kier molecular flexibility index (Phi) is 8.88. The summed E-state index contributed by atoms with van der Waals surface area (Å²) in [7, 11) is 1.86. The molecule has 0 aromatic carbocycles. The summed E-state index contributed by atoms with van der Waals surface area (Å²) in [5, 5.41) is 22.9. The molecule has 0 aliphatic rings. The fraction of sp³-hybridized carbons (Fsp3) is 0.900. The van der Waals surface area contributed by atoms with Crippen molar-refractivity contribution in [2.75, 3.05) is 26.9 Å². The summed E-state index contributed by atoms with van der Waals surface area (Å²) < 4.78 is 4.90. The molecule has 0 saturated heterocycles. The maximum absolute atomic E-state index is 11.2. The third-order valence-corrected chi connectivity index (χ3v) is 2.36. The summed E-state index contributed by atoms with van der Waals surface area (Å²) >= 11 is 0. The van der Waals surface area contributed by atoms with Crippen LogP contribution < -0.4 is 10.6 Å². The first-order valence-corrected chi connectivity index (χ1v) is 5.50. The molecule has 16 heavy (non-hydrogen) atoms. The van der Waals surface area contributed by atoms with E-state index in [1.54, 1.807) is 0 Å². The fourth-order valence-electron chi connectivity index (χ4n) is 1.20. The molecule has 4 N–H and O–H groups in total. The van der Waals surface area contributed by atoms with Crippen LogP contribution in [0, 0.1) is 0 Å². The van der Waals surface area contributed by atoms with E-state index in [-0.39, 0.29) is 13.2 Å². The summed E-state index contributed by atoms with van der Waals surface area (Å²) in [5.74, 6) is 0. The number of aliphatic hydroxyl groups excluding tert-OH is 2. The van der Waals surface area contributed by atoms with Crippen LogP contribution >= 0.6 is 0 Å². The number of amides is 1. The maximum atomic E-state index is 11.2. The quantitative estimate of drug-likeness (QED) is 0.452. The van der Waals surface area contributed by atoms with Crippen molar-refractivity contribution in [2.24, 2.45) is 0 Å². The highest BCUT2D eigenvalue weighted by Gasteiger charge is 2.11. The number of alkyl carbamates (subject to hydrolysis) is 1. The van der Waals surface area contributed by atoms with E-state index in [9.17, 15) is 4.79 Å². The Morgan fingerprint density at radius 1 is 1.31 bits per heavy atom. The zero-order valence-corrected chi connectivity index (χ0v) is 9.90. The normalized spacial score (nSPS) is 12.6. The number of hydrogen-bond donors (Lipinski definition) is 4. The molecule has 0 aliphatic carbocycles. The number of carbonyl (C=O) groups is 1. The van der Waals surface area contributed by atoms with E-state index in [1.807, 2.05) is 7.05 Å². The molecule has 0 saturated carbocycles. The molecule has 6 nitrogen and oxygen atoms in total. The minimum atomic E-state index is -0.654. The van der Waals surface area contributed by atoms with Gasteiger partial charge in [-0.2, -0.15) is 0 Å². The van der Waals surface area contributed by atoms with Crippen LogP contribution in [0.15, 0.2) is 0 Å². The Morgan fingerprint density at radius 2 is 1.94 bits per heavy atom. The molecular formula is C10H22N2O4. The van der Waals surface area contributed by atoms with E-state index in [1.165, 1.54) is 0 Å². The molecule has 1 unspecified atom stereocenters. The summed E-state index contributed by atoms with van der Waals surface area (Å²) in [5.41, 5.74) is 0. The molecule has 0 aliphatic heterocycles. The first-order valence-electron chi connectivity index (χ1n) is 5.50. The number of aliphatic hydroxyl groups is 2. The van der Waals surface area contributed by atoms with Crippen molar-refractivity contribution in [1.29, 1.82) is 0 Å². The Hall–Kier alpha value is -0.850. The predicted molar refractivity (Wildman–Crippen MR) is 60.2 cm³/mol. The lowest BCUT2D eigenvalue weighted by Gasteiger charge is -2.16. The van der Waals surface area contributed by atoms with Crippen LogP contribution in [-0.2, 0) is 4.74 Å².